The van der Waals surface area contributed by atoms with Gasteiger partial charge in [0.2, 0.25) is 0 Å². The van der Waals surface area contributed by atoms with Crippen molar-refractivity contribution in [3.05, 3.63) is 70.0 Å². The van der Waals surface area contributed by atoms with Gasteiger partial charge < -0.3 is 31.9 Å². The van der Waals surface area contributed by atoms with E-state index < -0.39 is 0 Å². The summed E-state index contributed by atoms with van der Waals surface area (Å²) < 4.78 is 0. The summed E-state index contributed by atoms with van der Waals surface area (Å²) in [4.78, 5) is 5.32. The molecular formula is C46H80N6. The number of fused-ring (bicyclic) bond motifs is 2. The van der Waals surface area contributed by atoms with Crippen molar-refractivity contribution in [2.24, 2.45) is 17.4 Å². The molecule has 2 aromatic rings. The molecule has 0 radical (unpaired) electrons. The van der Waals surface area contributed by atoms with Gasteiger partial charge in [0, 0.05) is 76.6 Å². The van der Waals surface area contributed by atoms with E-state index in [0.717, 1.165) is 11.8 Å². The summed E-state index contributed by atoms with van der Waals surface area (Å²) in [6.07, 6.45) is 18.0. The van der Waals surface area contributed by atoms with Gasteiger partial charge in [-0.2, -0.15) is 0 Å². The van der Waals surface area contributed by atoms with Crippen molar-refractivity contribution in [3.63, 3.8) is 0 Å². The second-order valence-corrected chi connectivity index (χ2v) is 14.3. The lowest BCUT2D eigenvalue weighted by Crippen LogP contribution is -2.38. The molecule has 0 bridgehead atoms. The lowest BCUT2D eigenvalue weighted by molar-refractivity contribution is 0.475. The molecule has 1 aliphatic carbocycles. The highest BCUT2D eigenvalue weighted by atomic mass is 15.2. The number of rotatable bonds is 15. The molecule has 0 amide bonds. The summed E-state index contributed by atoms with van der Waals surface area (Å²) in [6, 6.07) is 10.4. The van der Waals surface area contributed by atoms with Crippen LogP contribution in [0.5, 0.6) is 0 Å². The van der Waals surface area contributed by atoms with E-state index in [2.05, 4.69) is 85.5 Å². The van der Waals surface area contributed by atoms with Gasteiger partial charge >= 0.3 is 0 Å². The van der Waals surface area contributed by atoms with Crippen molar-refractivity contribution in [2.75, 3.05) is 56.6 Å². The van der Waals surface area contributed by atoms with Gasteiger partial charge in [-0.25, -0.2) is 0 Å². The number of hydrogen-bond acceptors (Lipinski definition) is 6. The minimum Gasteiger partial charge on any atom is -0.394 e. The second-order valence-electron chi connectivity index (χ2n) is 14.3. The Hall–Kier alpha value is -2.96. The third-order valence-corrected chi connectivity index (χ3v) is 11.0. The van der Waals surface area contributed by atoms with E-state index in [4.69, 9.17) is 11.5 Å². The van der Waals surface area contributed by atoms with Crippen molar-refractivity contribution in [2.45, 2.75) is 145 Å². The molecule has 1 saturated carbocycles. The number of nitrogens with one attached hydrogen (secondary N) is 2. The number of benzene rings is 2. The predicted octanol–water partition coefficient (Wildman–Crippen LogP) is 10.2. The van der Waals surface area contributed by atoms with Crippen LogP contribution in [-0.2, 0) is 12.8 Å². The van der Waals surface area contributed by atoms with Crippen LogP contribution < -0.4 is 31.9 Å². The fourth-order valence-corrected chi connectivity index (χ4v) is 8.03. The van der Waals surface area contributed by atoms with Gasteiger partial charge in [-0.1, -0.05) is 74.7 Å². The predicted molar refractivity (Wildman–Crippen MR) is 234 cm³/mol. The van der Waals surface area contributed by atoms with Crippen LogP contribution in [0.1, 0.15) is 152 Å². The van der Waals surface area contributed by atoms with Crippen molar-refractivity contribution < 1.29 is 0 Å². The first-order valence-corrected chi connectivity index (χ1v) is 21.3. The summed E-state index contributed by atoms with van der Waals surface area (Å²) in [5.41, 5.74) is 26.0. The SMILES string of the molecule is CC.CC.CCC(CC)CN1CCCc2cc(/C(=C/NC)CN)c(C3CC3)cc21.CCCC(CC)N1CCCc2cc(/C(=C/NC)CN)c(C)cc21. The number of hydrogen-bond donors (Lipinski definition) is 4. The van der Waals surface area contributed by atoms with Gasteiger partial charge in [-0.05, 0) is 139 Å². The van der Waals surface area contributed by atoms with Gasteiger partial charge in [0.05, 0.1) is 0 Å². The van der Waals surface area contributed by atoms with E-state index in [-0.39, 0.29) is 0 Å². The Balaban J connectivity index is 0.000000330. The third kappa shape index (κ3) is 12.0. The first-order valence-electron chi connectivity index (χ1n) is 21.3. The number of anilines is 2. The molecular weight excluding hydrogens is 637 g/mol. The van der Waals surface area contributed by atoms with Crippen LogP contribution in [0.4, 0.5) is 11.4 Å². The van der Waals surface area contributed by atoms with Crippen LogP contribution in [-0.4, -0.2) is 52.9 Å². The molecule has 0 aromatic heterocycles. The Labute approximate surface area is 321 Å². The highest BCUT2D eigenvalue weighted by Gasteiger charge is 2.30. The minimum absolute atomic E-state index is 0.567. The standard InChI is InChI=1S/C22H35N3.C20H33N3.2C2H6/c1-4-16(5-2)15-25-10-6-7-18-11-20(19(13-23)14-24-3)21(12-22(18)25)17-8-9-17;1-5-8-18(6-2)23-10-7-9-16-12-19(15(3)11-20(16)23)17(13-21)14-22-4;2*1-2/h11-12,14,16-17,24H,4-10,13,15,23H2,1-3H3;11-12,14,18,22H,5-10,13,21H2,1-4H3;2*1-2H3/b19-14+;17-14+;;. The van der Waals surface area contributed by atoms with Crippen LogP contribution in [0.15, 0.2) is 36.7 Å². The van der Waals surface area contributed by atoms with Crippen LogP contribution in [0, 0.1) is 12.8 Å². The fraction of sp³-hybridized carbons (Fsp3) is 0.652. The Morgan fingerprint density at radius 1 is 0.769 bits per heavy atom. The van der Waals surface area contributed by atoms with Crippen LogP contribution in [0.25, 0.3) is 11.1 Å². The van der Waals surface area contributed by atoms with Gasteiger partial charge in [0.25, 0.3) is 0 Å². The molecule has 6 N–H and O–H groups in total. The Kier molecular flexibility index (Phi) is 21.2. The summed E-state index contributed by atoms with van der Waals surface area (Å²) in [5, 5.41) is 6.31. The molecule has 2 heterocycles. The van der Waals surface area contributed by atoms with Crippen molar-refractivity contribution in [1.29, 1.82) is 0 Å². The maximum absolute atomic E-state index is 6.07. The van der Waals surface area contributed by atoms with Crippen molar-refractivity contribution in [3.8, 4) is 0 Å². The van der Waals surface area contributed by atoms with Gasteiger partial charge in [0.15, 0.2) is 0 Å². The smallest absolute Gasteiger partial charge is 0.0404 e. The van der Waals surface area contributed by atoms with Crippen molar-refractivity contribution in [1.82, 2.24) is 10.6 Å². The molecule has 6 nitrogen and oxygen atoms in total. The molecule has 0 spiro atoms. The Morgan fingerprint density at radius 3 is 1.85 bits per heavy atom. The van der Waals surface area contributed by atoms with Crippen LogP contribution >= 0.6 is 0 Å². The molecule has 2 aliphatic heterocycles. The molecule has 52 heavy (non-hydrogen) atoms. The maximum Gasteiger partial charge on any atom is 0.0404 e. The molecule has 2 aromatic carbocycles. The normalized spacial score (nSPS) is 16.0. The molecule has 3 aliphatic rings. The minimum atomic E-state index is 0.567. The van der Waals surface area contributed by atoms with Crippen LogP contribution in [0.3, 0.4) is 0 Å². The van der Waals surface area contributed by atoms with E-state index in [9.17, 15) is 0 Å². The highest BCUT2D eigenvalue weighted by Crippen LogP contribution is 2.46. The molecule has 6 heteroatoms. The van der Waals surface area contributed by atoms with Gasteiger partial charge in [0.1, 0.15) is 0 Å². The third-order valence-electron chi connectivity index (χ3n) is 11.0. The van der Waals surface area contributed by atoms with Crippen LogP contribution in [0.2, 0.25) is 0 Å². The zero-order valence-electron chi connectivity index (χ0n) is 35.6. The van der Waals surface area contributed by atoms with E-state index in [1.165, 1.54) is 146 Å². The van der Waals surface area contributed by atoms with E-state index >= 15 is 0 Å². The molecule has 1 fully saturated rings. The Morgan fingerprint density at radius 2 is 1.33 bits per heavy atom. The molecule has 5 rings (SSSR count). The Bertz CT molecular complexity index is 1370. The zero-order chi connectivity index (χ0) is 38.6. The lowest BCUT2D eigenvalue weighted by Gasteiger charge is -2.38. The first kappa shape index (κ1) is 45.2. The van der Waals surface area contributed by atoms with E-state index in [1.807, 2.05) is 48.0 Å². The van der Waals surface area contributed by atoms with E-state index in [0.29, 0.717) is 19.1 Å². The zero-order valence-corrected chi connectivity index (χ0v) is 35.6. The quantitative estimate of drug-likeness (QED) is 0.147. The number of aryl methyl sites for hydroxylation is 3. The average molecular weight is 717 g/mol. The fourth-order valence-electron chi connectivity index (χ4n) is 8.03. The number of nitrogens with two attached hydrogens (primary N) is 2. The highest BCUT2D eigenvalue weighted by molar-refractivity contribution is 5.75. The monoisotopic (exact) mass is 717 g/mol. The largest absolute Gasteiger partial charge is 0.394 e. The number of nitrogens with zero attached hydrogens (tertiary/aromatic N) is 2. The average Bonchev–Trinajstić information content (AvgIpc) is 4.04. The summed E-state index contributed by atoms with van der Waals surface area (Å²) in [6.45, 7) is 24.2. The lowest BCUT2D eigenvalue weighted by atomic mass is 9.89. The maximum atomic E-state index is 6.07. The van der Waals surface area contributed by atoms with Gasteiger partial charge in [-0.3, -0.25) is 0 Å². The molecule has 1 unspecified atom stereocenters. The van der Waals surface area contributed by atoms with E-state index in [1.54, 1.807) is 0 Å². The first-order chi connectivity index (χ1) is 25.4. The summed E-state index contributed by atoms with van der Waals surface area (Å²) >= 11 is 0. The summed E-state index contributed by atoms with van der Waals surface area (Å²) in [5.74, 6) is 1.54. The second kappa shape index (κ2) is 24.4. The molecule has 0 saturated heterocycles. The van der Waals surface area contributed by atoms with Gasteiger partial charge in [-0.15, -0.1) is 0 Å². The molecule has 1 atom stereocenters. The molecule has 294 valence electrons. The summed E-state index contributed by atoms with van der Waals surface area (Å²) in [7, 11) is 3.89. The topological polar surface area (TPSA) is 82.6 Å². The van der Waals surface area contributed by atoms with Crippen molar-refractivity contribution >= 4 is 22.5 Å².